The van der Waals surface area contributed by atoms with E-state index in [-0.39, 0.29) is 0 Å². The first-order valence-electron chi connectivity index (χ1n) is 9.26. The van der Waals surface area contributed by atoms with Crippen molar-refractivity contribution in [1.29, 1.82) is 0 Å². The van der Waals surface area contributed by atoms with Crippen LogP contribution in [0.1, 0.15) is 36.0 Å². The molecule has 5 nitrogen and oxygen atoms in total. The van der Waals surface area contributed by atoms with Crippen LogP contribution in [-0.2, 0) is 23.0 Å². The van der Waals surface area contributed by atoms with Crippen molar-refractivity contribution in [2.45, 2.75) is 44.0 Å². The number of aryl methyl sites for hydroxylation is 1. The van der Waals surface area contributed by atoms with E-state index in [0.717, 1.165) is 48.1 Å². The molecular formula is C21H27NO4S. The Labute approximate surface area is 162 Å². The fourth-order valence-corrected chi connectivity index (χ4v) is 4.96. The van der Waals surface area contributed by atoms with E-state index in [9.17, 15) is 8.42 Å². The summed E-state index contributed by atoms with van der Waals surface area (Å²) in [6, 6.07) is 10.8. The quantitative estimate of drug-likeness (QED) is 0.795. The number of hydrogen-bond donors (Lipinski definition) is 0. The first-order valence-corrected chi connectivity index (χ1v) is 10.7. The molecule has 0 saturated heterocycles. The Bertz CT molecular complexity index is 891. The first-order chi connectivity index (χ1) is 13.0. The fourth-order valence-electron chi connectivity index (χ4n) is 3.50. The second-order valence-electron chi connectivity index (χ2n) is 6.93. The topological polar surface area (TPSA) is 55.8 Å². The van der Waals surface area contributed by atoms with Crippen LogP contribution in [0, 0.1) is 6.92 Å². The lowest BCUT2D eigenvalue weighted by Crippen LogP contribution is -2.31. The van der Waals surface area contributed by atoms with Crippen molar-refractivity contribution in [3.8, 4) is 11.5 Å². The van der Waals surface area contributed by atoms with Crippen molar-refractivity contribution < 1.29 is 17.9 Å². The van der Waals surface area contributed by atoms with Gasteiger partial charge in [0.2, 0.25) is 10.0 Å². The molecule has 2 aromatic carbocycles. The molecule has 1 heterocycles. The molecule has 0 bridgehead atoms. The summed E-state index contributed by atoms with van der Waals surface area (Å²) >= 11 is 0. The fraction of sp³-hybridized carbons (Fsp3) is 0.429. The van der Waals surface area contributed by atoms with Gasteiger partial charge in [0.1, 0.15) is 11.5 Å². The SMILES string of the molecule is COc1cc2c(c(OC)c1)CCCCCN(S(=O)(=O)c1ccc(C)cc1)C2. The molecule has 0 aromatic heterocycles. The number of rotatable bonds is 4. The van der Waals surface area contributed by atoms with E-state index < -0.39 is 10.0 Å². The van der Waals surface area contributed by atoms with E-state index in [2.05, 4.69) is 0 Å². The van der Waals surface area contributed by atoms with Crippen molar-refractivity contribution in [2.24, 2.45) is 0 Å². The minimum atomic E-state index is -3.56. The Balaban J connectivity index is 2.04. The van der Waals surface area contributed by atoms with E-state index in [1.54, 1.807) is 30.7 Å². The van der Waals surface area contributed by atoms with Gasteiger partial charge in [-0.15, -0.1) is 0 Å². The van der Waals surface area contributed by atoms with Gasteiger partial charge in [-0.3, -0.25) is 0 Å². The second kappa shape index (κ2) is 8.31. The minimum Gasteiger partial charge on any atom is -0.497 e. The number of nitrogens with zero attached hydrogens (tertiary/aromatic N) is 1. The standard InChI is InChI=1S/C21H27NO4S/c1-16-8-10-19(11-9-16)27(23,24)22-12-6-4-5-7-20-17(15-22)13-18(25-2)14-21(20)26-3/h8-11,13-14H,4-7,12,15H2,1-3H3. The number of benzene rings is 2. The molecule has 27 heavy (non-hydrogen) atoms. The Hall–Kier alpha value is -2.05. The summed E-state index contributed by atoms with van der Waals surface area (Å²) in [7, 11) is -0.315. The second-order valence-corrected chi connectivity index (χ2v) is 8.87. The monoisotopic (exact) mass is 389 g/mol. The Kier molecular flexibility index (Phi) is 6.07. The van der Waals surface area contributed by atoms with Crippen LogP contribution in [0.25, 0.3) is 0 Å². The lowest BCUT2D eigenvalue weighted by Gasteiger charge is -2.23. The average Bonchev–Trinajstić information content (AvgIpc) is 2.77. The molecule has 0 amide bonds. The van der Waals surface area contributed by atoms with Gasteiger partial charge in [0.25, 0.3) is 0 Å². The molecule has 146 valence electrons. The van der Waals surface area contributed by atoms with Gasteiger partial charge in [-0.1, -0.05) is 24.1 Å². The van der Waals surface area contributed by atoms with Crippen LogP contribution in [-0.4, -0.2) is 33.5 Å². The number of ether oxygens (including phenoxy) is 2. The van der Waals surface area contributed by atoms with Crippen LogP contribution in [0.5, 0.6) is 11.5 Å². The number of sulfonamides is 1. The highest BCUT2D eigenvalue weighted by molar-refractivity contribution is 7.89. The third-order valence-corrected chi connectivity index (χ3v) is 6.93. The molecule has 1 aliphatic heterocycles. The molecule has 2 aromatic rings. The molecule has 6 heteroatoms. The van der Waals surface area contributed by atoms with Crippen molar-refractivity contribution in [1.82, 2.24) is 4.31 Å². The summed E-state index contributed by atoms with van der Waals surface area (Å²) in [4.78, 5) is 0.337. The number of hydrogen-bond acceptors (Lipinski definition) is 4. The predicted molar refractivity (Wildman–Crippen MR) is 106 cm³/mol. The third kappa shape index (κ3) is 4.28. The molecule has 3 rings (SSSR count). The molecule has 1 aliphatic rings. The number of methoxy groups -OCH3 is 2. The smallest absolute Gasteiger partial charge is 0.243 e. The van der Waals surface area contributed by atoms with Crippen LogP contribution >= 0.6 is 0 Å². The maximum atomic E-state index is 13.3. The summed E-state index contributed by atoms with van der Waals surface area (Å²) < 4.78 is 39.1. The van der Waals surface area contributed by atoms with Crippen LogP contribution in [0.15, 0.2) is 41.3 Å². The molecule has 0 atom stereocenters. The van der Waals surface area contributed by atoms with Crippen LogP contribution in [0.3, 0.4) is 0 Å². The van der Waals surface area contributed by atoms with Crippen LogP contribution in [0.2, 0.25) is 0 Å². The molecule has 0 spiro atoms. The van der Waals surface area contributed by atoms with Gasteiger partial charge in [0.05, 0.1) is 19.1 Å². The maximum absolute atomic E-state index is 13.3. The molecule has 0 radical (unpaired) electrons. The summed E-state index contributed by atoms with van der Waals surface area (Å²) in [6.45, 7) is 2.78. The summed E-state index contributed by atoms with van der Waals surface area (Å²) in [5, 5.41) is 0. The third-order valence-electron chi connectivity index (χ3n) is 5.07. The summed E-state index contributed by atoms with van der Waals surface area (Å²) in [6.07, 6.45) is 3.71. The van der Waals surface area contributed by atoms with Crippen LogP contribution < -0.4 is 9.47 Å². The zero-order chi connectivity index (χ0) is 19.4. The molecule has 0 unspecified atom stereocenters. The minimum absolute atomic E-state index is 0.319. The Morgan fingerprint density at radius 2 is 1.70 bits per heavy atom. The normalized spacial score (nSPS) is 16.0. The Morgan fingerprint density at radius 1 is 0.963 bits per heavy atom. The zero-order valence-corrected chi connectivity index (χ0v) is 17.0. The van der Waals surface area contributed by atoms with Gasteiger partial charge in [-0.2, -0.15) is 4.31 Å². The first kappa shape index (κ1) is 19.7. The summed E-state index contributed by atoms with van der Waals surface area (Å²) in [5.41, 5.74) is 3.06. The van der Waals surface area contributed by atoms with Gasteiger partial charge in [-0.05, 0) is 55.5 Å². The van der Waals surface area contributed by atoms with Gasteiger partial charge in [0.15, 0.2) is 0 Å². The van der Waals surface area contributed by atoms with E-state index in [0.29, 0.717) is 23.7 Å². The molecular weight excluding hydrogens is 362 g/mol. The molecule has 0 fully saturated rings. The van der Waals surface area contributed by atoms with Gasteiger partial charge in [0, 0.05) is 19.2 Å². The van der Waals surface area contributed by atoms with Crippen LogP contribution in [0.4, 0.5) is 0 Å². The maximum Gasteiger partial charge on any atom is 0.243 e. The number of fused-ring (bicyclic) bond motifs is 1. The predicted octanol–water partition coefficient (Wildman–Crippen LogP) is 3.93. The van der Waals surface area contributed by atoms with Gasteiger partial charge >= 0.3 is 0 Å². The highest BCUT2D eigenvalue weighted by Gasteiger charge is 2.27. The molecule has 0 saturated carbocycles. The highest BCUT2D eigenvalue weighted by Crippen LogP contribution is 2.33. The van der Waals surface area contributed by atoms with Gasteiger partial charge < -0.3 is 9.47 Å². The molecule has 0 N–H and O–H groups in total. The van der Waals surface area contributed by atoms with E-state index in [1.807, 2.05) is 31.2 Å². The highest BCUT2D eigenvalue weighted by atomic mass is 32.2. The molecule has 0 aliphatic carbocycles. The van der Waals surface area contributed by atoms with Gasteiger partial charge in [-0.25, -0.2) is 8.42 Å². The van der Waals surface area contributed by atoms with Crippen molar-refractivity contribution >= 4 is 10.0 Å². The summed E-state index contributed by atoms with van der Waals surface area (Å²) in [5.74, 6) is 1.44. The largest absolute Gasteiger partial charge is 0.497 e. The zero-order valence-electron chi connectivity index (χ0n) is 16.2. The van der Waals surface area contributed by atoms with E-state index in [4.69, 9.17) is 9.47 Å². The Morgan fingerprint density at radius 3 is 2.37 bits per heavy atom. The van der Waals surface area contributed by atoms with E-state index >= 15 is 0 Å². The van der Waals surface area contributed by atoms with E-state index in [1.165, 1.54) is 0 Å². The lowest BCUT2D eigenvalue weighted by atomic mass is 10.00. The van der Waals surface area contributed by atoms with Crippen molar-refractivity contribution in [3.63, 3.8) is 0 Å². The van der Waals surface area contributed by atoms with Crippen molar-refractivity contribution in [2.75, 3.05) is 20.8 Å². The van der Waals surface area contributed by atoms with Crippen molar-refractivity contribution in [3.05, 3.63) is 53.1 Å². The lowest BCUT2D eigenvalue weighted by molar-refractivity contribution is 0.382. The average molecular weight is 390 g/mol.